The van der Waals surface area contributed by atoms with Gasteiger partial charge in [0, 0.05) is 44.3 Å². The lowest BCUT2D eigenvalue weighted by Crippen LogP contribution is -2.51. The number of hydrogen-bond acceptors (Lipinski definition) is 6. The third kappa shape index (κ3) is 4.32. The molecule has 1 fully saturated rings. The lowest BCUT2D eigenvalue weighted by atomic mass is 10.1. The van der Waals surface area contributed by atoms with Crippen LogP contribution in [0, 0.1) is 0 Å². The molecule has 1 aromatic carbocycles. The van der Waals surface area contributed by atoms with E-state index in [1.54, 1.807) is 11.3 Å². The summed E-state index contributed by atoms with van der Waals surface area (Å²) < 4.78 is 10.7. The van der Waals surface area contributed by atoms with Crippen LogP contribution in [-0.4, -0.2) is 55.4 Å². The zero-order valence-corrected chi connectivity index (χ0v) is 17.5. The first-order chi connectivity index (χ1) is 12.3. The van der Waals surface area contributed by atoms with Crippen molar-refractivity contribution in [3.05, 3.63) is 35.3 Å². The molecule has 0 spiro atoms. The first-order valence-corrected chi connectivity index (χ1v) is 9.25. The van der Waals surface area contributed by atoms with Crippen LogP contribution in [0.5, 0.6) is 11.5 Å². The SMILES string of the molecule is I.NC(=NCCc1ccc2c(c1)OCO2)N1CCN(c2nccs2)CC1. The number of nitrogens with zero attached hydrogens (tertiary/aromatic N) is 4. The lowest BCUT2D eigenvalue weighted by molar-refractivity contribution is 0.174. The van der Waals surface area contributed by atoms with E-state index >= 15 is 0 Å². The van der Waals surface area contributed by atoms with Gasteiger partial charge in [0.1, 0.15) is 0 Å². The summed E-state index contributed by atoms with van der Waals surface area (Å²) in [7, 11) is 0. The average Bonchev–Trinajstić information content (AvgIpc) is 3.33. The summed E-state index contributed by atoms with van der Waals surface area (Å²) in [5.41, 5.74) is 7.34. The van der Waals surface area contributed by atoms with Crippen molar-refractivity contribution in [1.82, 2.24) is 9.88 Å². The van der Waals surface area contributed by atoms with Crippen molar-refractivity contribution in [3.8, 4) is 11.5 Å². The van der Waals surface area contributed by atoms with Crippen LogP contribution in [0.3, 0.4) is 0 Å². The highest BCUT2D eigenvalue weighted by Crippen LogP contribution is 2.32. The highest BCUT2D eigenvalue weighted by Gasteiger charge is 2.19. The van der Waals surface area contributed by atoms with Crippen LogP contribution < -0.4 is 20.1 Å². The molecule has 2 aliphatic rings. The molecule has 26 heavy (non-hydrogen) atoms. The Morgan fingerprint density at radius 3 is 2.77 bits per heavy atom. The zero-order valence-electron chi connectivity index (χ0n) is 14.3. The molecule has 0 atom stereocenters. The van der Waals surface area contributed by atoms with E-state index in [-0.39, 0.29) is 24.0 Å². The number of hydrogen-bond donors (Lipinski definition) is 1. The highest BCUT2D eigenvalue weighted by molar-refractivity contribution is 14.0. The van der Waals surface area contributed by atoms with E-state index in [1.165, 1.54) is 5.56 Å². The minimum Gasteiger partial charge on any atom is -0.454 e. The van der Waals surface area contributed by atoms with Crippen molar-refractivity contribution in [3.63, 3.8) is 0 Å². The summed E-state index contributed by atoms with van der Waals surface area (Å²) in [5, 5.41) is 3.09. The predicted molar refractivity (Wildman–Crippen MR) is 114 cm³/mol. The second-order valence-corrected chi connectivity index (χ2v) is 6.84. The van der Waals surface area contributed by atoms with Gasteiger partial charge in [-0.15, -0.1) is 35.3 Å². The van der Waals surface area contributed by atoms with Crippen LogP contribution in [0.25, 0.3) is 0 Å². The number of halogens is 1. The third-order valence-electron chi connectivity index (χ3n) is 4.40. The summed E-state index contributed by atoms with van der Waals surface area (Å²) in [6.45, 7) is 4.56. The number of fused-ring (bicyclic) bond motifs is 1. The monoisotopic (exact) mass is 487 g/mol. The normalized spacial score (nSPS) is 16.5. The maximum absolute atomic E-state index is 6.17. The Kier molecular flexibility index (Phi) is 6.41. The Morgan fingerprint density at radius 1 is 1.19 bits per heavy atom. The van der Waals surface area contributed by atoms with E-state index in [0.717, 1.165) is 49.2 Å². The number of nitrogens with two attached hydrogens (primary N) is 1. The molecule has 4 rings (SSSR count). The standard InChI is InChI=1S/C17H21N5O2S.HI/c18-16(21-6-8-22(9-7-21)17-20-5-10-25-17)19-4-3-13-1-2-14-15(11-13)24-12-23-14;/h1-2,5,10-11H,3-4,6-9,12H2,(H2,18,19);1H. The van der Waals surface area contributed by atoms with Crippen molar-refractivity contribution in [2.45, 2.75) is 6.42 Å². The van der Waals surface area contributed by atoms with Crippen LogP contribution in [0.2, 0.25) is 0 Å². The number of piperazine rings is 1. The van der Waals surface area contributed by atoms with Crippen molar-refractivity contribution in [1.29, 1.82) is 0 Å². The quantitative estimate of drug-likeness (QED) is 0.405. The minimum atomic E-state index is 0. The Bertz CT molecular complexity index is 748. The van der Waals surface area contributed by atoms with Gasteiger partial charge in [-0.2, -0.15) is 0 Å². The van der Waals surface area contributed by atoms with Gasteiger partial charge in [0.15, 0.2) is 22.6 Å². The fourth-order valence-corrected chi connectivity index (χ4v) is 3.69. The number of aliphatic imine (C=N–C) groups is 1. The molecule has 0 radical (unpaired) electrons. The van der Waals surface area contributed by atoms with Gasteiger partial charge in [-0.05, 0) is 24.1 Å². The number of ether oxygens (including phenoxy) is 2. The number of thiazole rings is 1. The number of aromatic nitrogens is 1. The molecule has 0 saturated carbocycles. The molecule has 0 unspecified atom stereocenters. The highest BCUT2D eigenvalue weighted by atomic mass is 127. The molecule has 3 heterocycles. The van der Waals surface area contributed by atoms with Crippen molar-refractivity contribution >= 4 is 46.4 Å². The molecule has 1 aromatic heterocycles. The second kappa shape index (κ2) is 8.76. The molecule has 1 saturated heterocycles. The Hall–Kier alpha value is -1.75. The molecule has 2 N–H and O–H groups in total. The van der Waals surface area contributed by atoms with Gasteiger partial charge < -0.3 is 25.0 Å². The van der Waals surface area contributed by atoms with Gasteiger partial charge in [0.2, 0.25) is 6.79 Å². The van der Waals surface area contributed by atoms with Crippen LogP contribution in [0.1, 0.15) is 5.56 Å². The van der Waals surface area contributed by atoms with Gasteiger partial charge in [-0.3, -0.25) is 4.99 Å². The Balaban J connectivity index is 0.00000196. The second-order valence-electron chi connectivity index (χ2n) is 5.97. The number of anilines is 1. The predicted octanol–water partition coefficient (Wildman–Crippen LogP) is 2.17. The maximum atomic E-state index is 6.17. The minimum absolute atomic E-state index is 0. The molecular formula is C17H22IN5O2S. The van der Waals surface area contributed by atoms with Crippen LogP contribution in [0.15, 0.2) is 34.8 Å². The van der Waals surface area contributed by atoms with Crippen molar-refractivity contribution in [2.24, 2.45) is 10.7 Å². The number of guanidine groups is 1. The van der Waals surface area contributed by atoms with Gasteiger partial charge in [-0.1, -0.05) is 6.07 Å². The van der Waals surface area contributed by atoms with Crippen LogP contribution >= 0.6 is 35.3 Å². The first-order valence-electron chi connectivity index (χ1n) is 8.37. The van der Waals surface area contributed by atoms with Crippen LogP contribution in [-0.2, 0) is 6.42 Å². The fraction of sp³-hybridized carbons (Fsp3) is 0.412. The lowest BCUT2D eigenvalue weighted by Gasteiger charge is -2.35. The van der Waals surface area contributed by atoms with E-state index < -0.39 is 0 Å². The smallest absolute Gasteiger partial charge is 0.231 e. The summed E-state index contributed by atoms with van der Waals surface area (Å²) in [6, 6.07) is 6.01. The molecule has 2 aromatic rings. The largest absolute Gasteiger partial charge is 0.454 e. The molecule has 7 nitrogen and oxygen atoms in total. The van der Waals surface area contributed by atoms with E-state index in [2.05, 4.69) is 19.8 Å². The average molecular weight is 487 g/mol. The van der Waals surface area contributed by atoms with Gasteiger partial charge in [0.05, 0.1) is 0 Å². The van der Waals surface area contributed by atoms with Gasteiger partial charge in [0.25, 0.3) is 0 Å². The number of rotatable bonds is 4. The third-order valence-corrected chi connectivity index (χ3v) is 5.24. The summed E-state index contributed by atoms with van der Waals surface area (Å²) in [6.07, 6.45) is 2.68. The van der Waals surface area contributed by atoms with E-state index in [0.29, 0.717) is 19.3 Å². The first kappa shape index (κ1) is 19.0. The van der Waals surface area contributed by atoms with E-state index in [9.17, 15) is 0 Å². The molecule has 140 valence electrons. The van der Waals surface area contributed by atoms with Crippen LogP contribution in [0.4, 0.5) is 5.13 Å². The summed E-state index contributed by atoms with van der Waals surface area (Å²) in [4.78, 5) is 13.3. The maximum Gasteiger partial charge on any atom is 0.231 e. The molecule has 0 amide bonds. The number of benzene rings is 1. The molecule has 0 aliphatic carbocycles. The van der Waals surface area contributed by atoms with E-state index in [4.69, 9.17) is 15.2 Å². The zero-order chi connectivity index (χ0) is 17.1. The van der Waals surface area contributed by atoms with Crippen molar-refractivity contribution in [2.75, 3.05) is 44.4 Å². The van der Waals surface area contributed by atoms with E-state index in [1.807, 2.05) is 29.8 Å². The molecule has 0 bridgehead atoms. The molecular weight excluding hydrogens is 465 g/mol. The summed E-state index contributed by atoms with van der Waals surface area (Å²) >= 11 is 1.67. The fourth-order valence-electron chi connectivity index (χ4n) is 2.99. The summed E-state index contributed by atoms with van der Waals surface area (Å²) in [5.74, 6) is 2.25. The van der Waals surface area contributed by atoms with Gasteiger partial charge in [-0.25, -0.2) is 4.98 Å². The van der Waals surface area contributed by atoms with Crippen molar-refractivity contribution < 1.29 is 9.47 Å². The molecule has 9 heteroatoms. The Morgan fingerprint density at radius 2 is 2.00 bits per heavy atom. The van der Waals surface area contributed by atoms with Gasteiger partial charge >= 0.3 is 0 Å². The Labute approximate surface area is 173 Å². The topological polar surface area (TPSA) is 76.2 Å². The molecule has 2 aliphatic heterocycles.